The van der Waals surface area contributed by atoms with Crippen molar-refractivity contribution in [1.82, 2.24) is 25.1 Å². The number of anilines is 1. The minimum absolute atomic E-state index is 0.175. The van der Waals surface area contributed by atoms with Crippen molar-refractivity contribution in [3.8, 4) is 11.1 Å². The molecule has 1 saturated heterocycles. The van der Waals surface area contributed by atoms with Crippen LogP contribution in [0.25, 0.3) is 22.0 Å². The molecule has 0 radical (unpaired) electrons. The second kappa shape index (κ2) is 16.2. The highest BCUT2D eigenvalue weighted by molar-refractivity contribution is 7.89. The number of nitrogens with zero attached hydrogens (tertiary/aromatic N) is 1. The number of amides is 3. The third kappa shape index (κ3) is 9.40. The van der Waals surface area contributed by atoms with Crippen molar-refractivity contribution in [3.63, 3.8) is 0 Å². The predicted molar refractivity (Wildman–Crippen MR) is 207 cm³/mol. The summed E-state index contributed by atoms with van der Waals surface area (Å²) in [5.41, 5.74) is 3.40. The van der Waals surface area contributed by atoms with Crippen molar-refractivity contribution >= 4 is 44.5 Å². The van der Waals surface area contributed by atoms with Gasteiger partial charge >= 0.3 is 6.09 Å². The van der Waals surface area contributed by atoms with E-state index in [0.29, 0.717) is 49.1 Å². The number of carbonyl (C=O) groups is 3. The summed E-state index contributed by atoms with van der Waals surface area (Å²) in [4.78, 5) is 52.1. The zero-order valence-corrected chi connectivity index (χ0v) is 32.1. The fourth-order valence-corrected chi connectivity index (χ4v) is 8.81. The molecule has 288 valence electrons. The van der Waals surface area contributed by atoms with Gasteiger partial charge in [-0.05, 0) is 125 Å². The Balaban J connectivity index is 1.18. The second-order valence-corrected chi connectivity index (χ2v) is 17.4. The van der Waals surface area contributed by atoms with E-state index in [1.165, 1.54) is 4.31 Å². The van der Waals surface area contributed by atoms with Crippen molar-refractivity contribution in [2.24, 2.45) is 11.8 Å². The lowest BCUT2D eigenvalue weighted by Crippen LogP contribution is -2.48. The molecule has 14 heteroatoms. The molecule has 1 aliphatic carbocycles. The standard InChI is InChI=1S/C40H50N6O7S/c1-25-10-16-31(54(51,52)46-18-5-6-19-46)23-33(25)29-9-7-8-27(20-29)21-35(38(49)42-30-15-17-32-34(22-30)44-45-37(32)48)43-36(47)28-13-11-26(12-14-28)24-41-39(50)53-40(2,3)4/h7-10,15-17,20,22-23,26,28,35H,5-6,11-14,18-19,21,24H2,1-4H3,(H,41,50)(H,42,49)(H,43,47)(H2,44,45,48). The van der Waals surface area contributed by atoms with E-state index >= 15 is 0 Å². The van der Waals surface area contributed by atoms with Crippen LogP contribution in [0.4, 0.5) is 10.5 Å². The molecule has 4 aromatic rings. The number of sulfonamides is 1. The van der Waals surface area contributed by atoms with Crippen LogP contribution in [-0.4, -0.2) is 72.1 Å². The van der Waals surface area contributed by atoms with Gasteiger partial charge in [0.2, 0.25) is 21.8 Å². The summed E-state index contributed by atoms with van der Waals surface area (Å²) in [7, 11) is -3.62. The summed E-state index contributed by atoms with van der Waals surface area (Å²) in [5, 5.41) is 14.6. The normalized spacial score (nSPS) is 18.6. The van der Waals surface area contributed by atoms with Gasteiger partial charge in [0.1, 0.15) is 11.6 Å². The maximum absolute atomic E-state index is 13.9. The first-order valence-electron chi connectivity index (χ1n) is 18.6. The molecule has 1 saturated carbocycles. The van der Waals surface area contributed by atoms with Gasteiger partial charge in [0.25, 0.3) is 5.56 Å². The average Bonchev–Trinajstić information content (AvgIpc) is 3.81. The summed E-state index contributed by atoms with van der Waals surface area (Å²) < 4.78 is 33.7. The lowest BCUT2D eigenvalue weighted by molar-refractivity contribution is -0.130. The predicted octanol–water partition coefficient (Wildman–Crippen LogP) is 5.61. The molecule has 1 unspecified atom stereocenters. The van der Waals surface area contributed by atoms with E-state index in [0.717, 1.165) is 47.9 Å². The van der Waals surface area contributed by atoms with Gasteiger partial charge in [-0.3, -0.25) is 24.6 Å². The number of benzene rings is 3. The quantitative estimate of drug-likeness (QED) is 0.132. The first-order valence-corrected chi connectivity index (χ1v) is 20.1. The third-order valence-electron chi connectivity index (χ3n) is 10.2. The number of carbonyl (C=O) groups excluding carboxylic acids is 3. The molecule has 13 nitrogen and oxygen atoms in total. The van der Waals surface area contributed by atoms with E-state index in [2.05, 4.69) is 26.1 Å². The summed E-state index contributed by atoms with van der Waals surface area (Å²) in [5.74, 6) is -0.721. The number of rotatable bonds is 11. The van der Waals surface area contributed by atoms with Crippen LogP contribution in [0.15, 0.2) is 70.4 Å². The number of ether oxygens (including phenoxy) is 1. The SMILES string of the molecule is Cc1ccc(S(=O)(=O)N2CCCC2)cc1-c1cccc(CC(NC(=O)C2CCC(CNC(=O)OC(C)(C)C)CC2)C(=O)Nc2ccc3c(=O)[nH][nH]c3c2)c1. The maximum Gasteiger partial charge on any atom is 0.407 e. The summed E-state index contributed by atoms with van der Waals surface area (Å²) in [6.45, 7) is 8.87. The van der Waals surface area contributed by atoms with Gasteiger partial charge in [0.15, 0.2) is 0 Å². The lowest BCUT2D eigenvalue weighted by Gasteiger charge is -2.29. The highest BCUT2D eigenvalue weighted by Crippen LogP contribution is 2.31. The molecule has 6 rings (SSSR count). The third-order valence-corrected chi connectivity index (χ3v) is 12.1. The molecule has 0 spiro atoms. The maximum atomic E-state index is 13.9. The van der Waals surface area contributed by atoms with E-state index in [9.17, 15) is 27.6 Å². The van der Waals surface area contributed by atoms with Gasteiger partial charge in [0.05, 0.1) is 15.8 Å². The zero-order chi connectivity index (χ0) is 38.6. The molecule has 2 heterocycles. The molecule has 2 aliphatic rings. The summed E-state index contributed by atoms with van der Waals surface area (Å²) in [6.07, 6.45) is 4.13. The van der Waals surface area contributed by atoms with Crippen LogP contribution >= 0.6 is 0 Å². The first-order chi connectivity index (χ1) is 25.7. The Labute approximate surface area is 315 Å². The summed E-state index contributed by atoms with van der Waals surface area (Å²) >= 11 is 0. The van der Waals surface area contributed by atoms with Crippen molar-refractivity contribution in [2.75, 3.05) is 25.0 Å². The molecule has 3 aromatic carbocycles. The molecule has 2 fully saturated rings. The molecule has 1 atom stereocenters. The number of aromatic amines is 2. The van der Waals surface area contributed by atoms with E-state index < -0.39 is 33.7 Å². The van der Waals surface area contributed by atoms with Crippen LogP contribution in [0.3, 0.4) is 0 Å². The number of hydrogen-bond donors (Lipinski definition) is 5. The molecule has 0 bridgehead atoms. The number of H-pyrrole nitrogens is 2. The van der Waals surface area contributed by atoms with Crippen molar-refractivity contribution in [1.29, 1.82) is 0 Å². The minimum Gasteiger partial charge on any atom is -0.444 e. The fourth-order valence-electron chi connectivity index (χ4n) is 7.27. The second-order valence-electron chi connectivity index (χ2n) is 15.5. The molecular weight excluding hydrogens is 709 g/mol. The lowest BCUT2D eigenvalue weighted by atomic mass is 9.81. The van der Waals surface area contributed by atoms with Crippen LogP contribution in [0.2, 0.25) is 0 Å². The largest absolute Gasteiger partial charge is 0.444 e. The Morgan fingerprint density at radius 2 is 1.69 bits per heavy atom. The Hall–Kier alpha value is -4.95. The molecular formula is C40H50N6O7S. The summed E-state index contributed by atoms with van der Waals surface area (Å²) in [6, 6.07) is 16.8. The minimum atomic E-state index is -3.62. The number of aromatic nitrogens is 2. The topological polar surface area (TPSA) is 183 Å². The fraction of sp³-hybridized carbons (Fsp3) is 0.450. The molecule has 5 N–H and O–H groups in total. The Bertz CT molecular complexity index is 2170. The number of nitrogens with one attached hydrogen (secondary N) is 5. The van der Waals surface area contributed by atoms with Crippen LogP contribution in [0.1, 0.15) is 70.4 Å². The van der Waals surface area contributed by atoms with Gasteiger partial charge in [-0.2, -0.15) is 4.31 Å². The van der Waals surface area contributed by atoms with Gasteiger partial charge in [-0.15, -0.1) is 0 Å². The first kappa shape index (κ1) is 38.8. The van der Waals surface area contributed by atoms with Gasteiger partial charge < -0.3 is 20.7 Å². The molecule has 3 amide bonds. The number of hydrogen-bond acceptors (Lipinski definition) is 7. The van der Waals surface area contributed by atoms with E-state index in [1.807, 2.05) is 58.0 Å². The molecule has 1 aromatic heterocycles. The van der Waals surface area contributed by atoms with E-state index in [4.69, 9.17) is 4.74 Å². The zero-order valence-electron chi connectivity index (χ0n) is 31.3. The molecule has 54 heavy (non-hydrogen) atoms. The number of aryl methyl sites for hydroxylation is 1. The Morgan fingerprint density at radius 3 is 2.41 bits per heavy atom. The monoisotopic (exact) mass is 758 g/mol. The van der Waals surface area contributed by atoms with Crippen LogP contribution in [0, 0.1) is 18.8 Å². The van der Waals surface area contributed by atoms with Gasteiger partial charge in [0, 0.05) is 37.7 Å². The average molecular weight is 759 g/mol. The van der Waals surface area contributed by atoms with Crippen LogP contribution in [-0.2, 0) is 30.8 Å². The highest BCUT2D eigenvalue weighted by atomic mass is 32.2. The Morgan fingerprint density at radius 1 is 0.944 bits per heavy atom. The molecule has 1 aliphatic heterocycles. The Kier molecular flexibility index (Phi) is 11.6. The number of alkyl carbamates (subject to hydrolysis) is 1. The number of fused-ring (bicyclic) bond motifs is 1. The van der Waals surface area contributed by atoms with Crippen molar-refractivity contribution in [2.45, 2.75) is 89.2 Å². The van der Waals surface area contributed by atoms with Gasteiger partial charge in [-0.25, -0.2) is 13.2 Å². The smallest absolute Gasteiger partial charge is 0.407 e. The van der Waals surface area contributed by atoms with E-state index in [-0.39, 0.29) is 34.6 Å². The van der Waals surface area contributed by atoms with Crippen molar-refractivity contribution in [3.05, 3.63) is 82.1 Å². The van der Waals surface area contributed by atoms with Gasteiger partial charge in [-0.1, -0.05) is 30.3 Å². The highest BCUT2D eigenvalue weighted by Gasteiger charge is 2.31. The van der Waals surface area contributed by atoms with Crippen LogP contribution < -0.4 is 21.5 Å². The van der Waals surface area contributed by atoms with E-state index in [1.54, 1.807) is 30.3 Å². The van der Waals surface area contributed by atoms with Crippen LogP contribution in [0.5, 0.6) is 0 Å². The van der Waals surface area contributed by atoms with Crippen molar-refractivity contribution < 1.29 is 27.5 Å².